The molecule has 27 heavy (non-hydrogen) atoms. The highest BCUT2D eigenvalue weighted by Crippen LogP contribution is 2.15. The van der Waals surface area contributed by atoms with Gasteiger partial charge in [-0.3, -0.25) is 4.79 Å². The summed E-state index contributed by atoms with van der Waals surface area (Å²) in [5.74, 6) is -0.114. The maximum Gasteiger partial charge on any atom is 0.226 e. The number of rotatable bonds is 16. The first-order valence-electron chi connectivity index (χ1n) is 9.18. The fourth-order valence-corrected chi connectivity index (χ4v) is 2.18. The van der Waals surface area contributed by atoms with Gasteiger partial charge in [-0.2, -0.15) is 0 Å². The van der Waals surface area contributed by atoms with E-state index in [1.807, 2.05) is 13.0 Å². The molecule has 0 aliphatic heterocycles. The number of ether oxygens (including phenoxy) is 4. The molecule has 1 aromatic carbocycles. The third kappa shape index (κ3) is 11.7. The van der Waals surface area contributed by atoms with Crippen LogP contribution in [0, 0.1) is 6.92 Å². The minimum absolute atomic E-state index is 0.00863. The molecule has 0 unspecified atom stereocenters. The van der Waals surface area contributed by atoms with Crippen LogP contribution in [0.25, 0.3) is 0 Å². The molecule has 0 spiro atoms. The van der Waals surface area contributed by atoms with Crippen molar-refractivity contribution in [3.05, 3.63) is 29.3 Å². The number of benzene rings is 1. The zero-order valence-electron chi connectivity index (χ0n) is 16.1. The van der Waals surface area contributed by atoms with E-state index in [2.05, 4.69) is 5.32 Å². The molecule has 0 radical (unpaired) electrons. The molecule has 0 aliphatic carbocycles. The maximum absolute atomic E-state index is 11.9. The molecule has 0 aliphatic rings. The number of aliphatic hydroxyl groups excluding tert-OH is 1. The van der Waals surface area contributed by atoms with Crippen molar-refractivity contribution in [1.82, 2.24) is 0 Å². The van der Waals surface area contributed by atoms with E-state index in [4.69, 9.17) is 29.8 Å². The summed E-state index contributed by atoms with van der Waals surface area (Å²) in [4.78, 5) is 11.9. The van der Waals surface area contributed by atoms with Crippen LogP contribution in [0.4, 0.5) is 5.69 Å². The van der Waals surface area contributed by atoms with Crippen molar-refractivity contribution in [2.24, 2.45) is 5.73 Å². The van der Waals surface area contributed by atoms with Crippen molar-refractivity contribution in [3.63, 3.8) is 0 Å². The highest BCUT2D eigenvalue weighted by molar-refractivity contribution is 5.90. The molecule has 0 fully saturated rings. The summed E-state index contributed by atoms with van der Waals surface area (Å²) in [6, 6.07) is 5.41. The van der Waals surface area contributed by atoms with Crippen molar-refractivity contribution < 1.29 is 28.8 Å². The predicted octanol–water partition coefficient (Wildman–Crippen LogP) is 0.841. The molecule has 8 nitrogen and oxygen atoms in total. The average molecular weight is 384 g/mol. The highest BCUT2D eigenvalue weighted by Gasteiger charge is 2.04. The Morgan fingerprint density at radius 2 is 1.52 bits per heavy atom. The van der Waals surface area contributed by atoms with Crippen LogP contribution in [0.3, 0.4) is 0 Å². The van der Waals surface area contributed by atoms with Crippen molar-refractivity contribution in [2.45, 2.75) is 20.0 Å². The number of aliphatic hydroxyl groups is 1. The number of hydrogen-bond donors (Lipinski definition) is 3. The lowest BCUT2D eigenvalue weighted by molar-refractivity contribution is -0.117. The molecule has 0 atom stereocenters. The van der Waals surface area contributed by atoms with Gasteiger partial charge < -0.3 is 35.1 Å². The number of nitrogens with one attached hydrogen (secondary N) is 1. The second-order valence-corrected chi connectivity index (χ2v) is 5.84. The van der Waals surface area contributed by atoms with Crippen LogP contribution in [0.2, 0.25) is 0 Å². The second-order valence-electron chi connectivity index (χ2n) is 5.84. The molecule has 1 amide bonds. The topological polar surface area (TPSA) is 112 Å². The Kier molecular flexibility index (Phi) is 13.5. The zero-order valence-corrected chi connectivity index (χ0v) is 16.1. The van der Waals surface area contributed by atoms with E-state index >= 15 is 0 Å². The molecule has 0 aromatic heterocycles. The highest BCUT2D eigenvalue weighted by atomic mass is 16.6. The Morgan fingerprint density at radius 3 is 2.04 bits per heavy atom. The third-order valence-corrected chi connectivity index (χ3v) is 3.65. The predicted molar refractivity (Wildman–Crippen MR) is 103 cm³/mol. The van der Waals surface area contributed by atoms with E-state index in [0.29, 0.717) is 65.1 Å². The SMILES string of the molecule is Cc1cc(NC(=O)CCOCCOCCOCCOCCN)ccc1CO. The van der Waals surface area contributed by atoms with Gasteiger partial charge in [0.1, 0.15) is 0 Å². The van der Waals surface area contributed by atoms with Crippen LogP contribution >= 0.6 is 0 Å². The smallest absolute Gasteiger partial charge is 0.226 e. The van der Waals surface area contributed by atoms with Crippen molar-refractivity contribution >= 4 is 11.6 Å². The van der Waals surface area contributed by atoms with Gasteiger partial charge in [0.05, 0.1) is 65.9 Å². The van der Waals surface area contributed by atoms with Crippen LogP contribution < -0.4 is 11.1 Å². The van der Waals surface area contributed by atoms with Crippen LogP contribution in [0.1, 0.15) is 17.5 Å². The Hall–Kier alpha value is -1.55. The summed E-state index contributed by atoms with van der Waals surface area (Å²) in [5, 5.41) is 12.0. The Labute approximate surface area is 160 Å². The van der Waals surface area contributed by atoms with Crippen molar-refractivity contribution in [3.8, 4) is 0 Å². The molecular formula is C19H32N2O6. The van der Waals surface area contributed by atoms with Gasteiger partial charge in [0, 0.05) is 12.2 Å². The molecule has 8 heteroatoms. The van der Waals surface area contributed by atoms with E-state index < -0.39 is 0 Å². The summed E-state index contributed by atoms with van der Waals surface area (Å²) >= 11 is 0. The zero-order chi connectivity index (χ0) is 19.7. The lowest BCUT2D eigenvalue weighted by Crippen LogP contribution is -2.16. The molecule has 0 heterocycles. The summed E-state index contributed by atoms with van der Waals surface area (Å²) in [6.45, 7) is 6.21. The standard InChI is InChI=1S/C19H32N2O6/c1-16-14-18(3-2-17(16)15-22)21-19(23)4-6-24-8-10-26-12-13-27-11-9-25-7-5-20/h2-3,14,22H,4-13,15,20H2,1H3,(H,21,23). The Bertz CT molecular complexity index is 527. The van der Waals surface area contributed by atoms with Crippen molar-refractivity contribution in [1.29, 1.82) is 0 Å². The number of anilines is 1. The minimum atomic E-state index is -0.114. The Balaban J connectivity index is 1.94. The van der Waals surface area contributed by atoms with E-state index in [9.17, 15) is 4.79 Å². The summed E-state index contributed by atoms with van der Waals surface area (Å²) in [7, 11) is 0. The van der Waals surface area contributed by atoms with E-state index in [1.165, 1.54) is 0 Å². The minimum Gasteiger partial charge on any atom is -0.392 e. The van der Waals surface area contributed by atoms with Gasteiger partial charge in [-0.1, -0.05) is 6.07 Å². The summed E-state index contributed by atoms with van der Waals surface area (Å²) in [5.41, 5.74) is 7.80. The largest absolute Gasteiger partial charge is 0.392 e. The third-order valence-electron chi connectivity index (χ3n) is 3.65. The lowest BCUT2D eigenvalue weighted by Gasteiger charge is -2.09. The number of amides is 1. The van der Waals surface area contributed by atoms with Gasteiger partial charge in [0.25, 0.3) is 0 Å². The summed E-state index contributed by atoms with van der Waals surface area (Å²) in [6.07, 6.45) is 0.271. The molecular weight excluding hydrogens is 352 g/mol. The van der Waals surface area contributed by atoms with Crippen LogP contribution in [-0.4, -0.2) is 70.4 Å². The number of aryl methyl sites for hydroxylation is 1. The van der Waals surface area contributed by atoms with Crippen LogP contribution in [-0.2, 0) is 30.3 Å². The van der Waals surface area contributed by atoms with Gasteiger partial charge >= 0.3 is 0 Å². The van der Waals surface area contributed by atoms with Gasteiger partial charge in [-0.15, -0.1) is 0 Å². The lowest BCUT2D eigenvalue weighted by atomic mass is 10.1. The summed E-state index contributed by atoms with van der Waals surface area (Å²) < 4.78 is 21.2. The fourth-order valence-electron chi connectivity index (χ4n) is 2.18. The van der Waals surface area contributed by atoms with Gasteiger partial charge in [0.15, 0.2) is 0 Å². The van der Waals surface area contributed by atoms with Gasteiger partial charge in [0.2, 0.25) is 5.91 Å². The maximum atomic E-state index is 11.9. The van der Waals surface area contributed by atoms with E-state index in [-0.39, 0.29) is 18.9 Å². The normalized spacial score (nSPS) is 10.9. The van der Waals surface area contributed by atoms with Crippen LogP contribution in [0.5, 0.6) is 0 Å². The fraction of sp³-hybridized carbons (Fsp3) is 0.632. The van der Waals surface area contributed by atoms with Gasteiger partial charge in [-0.25, -0.2) is 0 Å². The number of carbonyl (C=O) groups excluding carboxylic acids is 1. The first-order chi connectivity index (χ1) is 13.2. The number of hydrogen-bond acceptors (Lipinski definition) is 7. The second kappa shape index (κ2) is 15.5. The van der Waals surface area contributed by atoms with Crippen LogP contribution in [0.15, 0.2) is 18.2 Å². The van der Waals surface area contributed by atoms with Crippen molar-refractivity contribution in [2.75, 3.05) is 64.7 Å². The van der Waals surface area contributed by atoms with E-state index in [0.717, 1.165) is 11.1 Å². The first kappa shape index (κ1) is 23.5. The molecule has 1 aromatic rings. The molecule has 0 bridgehead atoms. The Morgan fingerprint density at radius 1 is 0.963 bits per heavy atom. The number of carbonyl (C=O) groups is 1. The quantitative estimate of drug-likeness (QED) is 0.362. The van der Waals surface area contributed by atoms with Gasteiger partial charge in [-0.05, 0) is 30.2 Å². The molecule has 4 N–H and O–H groups in total. The number of nitrogens with two attached hydrogens (primary N) is 1. The molecule has 0 saturated heterocycles. The molecule has 154 valence electrons. The monoisotopic (exact) mass is 384 g/mol. The molecule has 0 saturated carbocycles. The van der Waals surface area contributed by atoms with E-state index in [1.54, 1.807) is 12.1 Å². The average Bonchev–Trinajstić information content (AvgIpc) is 2.65. The molecule has 1 rings (SSSR count). The first-order valence-corrected chi connectivity index (χ1v) is 9.18.